The molecule has 0 aliphatic rings. The number of sulfonamides is 2. The van der Waals surface area contributed by atoms with Gasteiger partial charge in [0.25, 0.3) is 0 Å². The second-order valence-electron chi connectivity index (χ2n) is 11.9. The number of anilines is 2. The quantitative estimate of drug-likeness (QED) is 0.112. The lowest BCUT2D eigenvalue weighted by molar-refractivity contribution is -0.117. The van der Waals surface area contributed by atoms with Crippen molar-refractivity contribution >= 4 is 43.2 Å². The van der Waals surface area contributed by atoms with Crippen LogP contribution in [0.15, 0.2) is 119 Å². The molecule has 4 aromatic rings. The number of carbonyl (C=O) groups is 2. The molecule has 0 saturated carbocycles. The highest BCUT2D eigenvalue weighted by Gasteiger charge is 2.22. The van der Waals surface area contributed by atoms with Crippen molar-refractivity contribution < 1.29 is 26.4 Å². The summed E-state index contributed by atoms with van der Waals surface area (Å²) in [7, 11) is -4.27. The smallest absolute Gasteiger partial charge is 0.243 e. The zero-order valence-corrected chi connectivity index (χ0v) is 29.5. The van der Waals surface area contributed by atoms with Gasteiger partial charge >= 0.3 is 0 Å². The number of amides is 2. The molecule has 2 N–H and O–H groups in total. The van der Waals surface area contributed by atoms with Crippen molar-refractivity contribution in [1.82, 2.24) is 8.61 Å². The van der Waals surface area contributed by atoms with E-state index >= 15 is 0 Å². The van der Waals surface area contributed by atoms with E-state index in [2.05, 4.69) is 10.6 Å². The molecule has 0 aromatic heterocycles. The summed E-state index contributed by atoms with van der Waals surface area (Å²) in [5.74, 6) is -0.282. The average Bonchev–Trinajstić information content (AvgIpc) is 3.09. The first-order valence-electron chi connectivity index (χ1n) is 16.3. The summed E-state index contributed by atoms with van der Waals surface area (Å²) >= 11 is 0. The predicted octanol–water partition coefficient (Wildman–Crippen LogP) is 6.64. The van der Waals surface area contributed by atoms with Crippen LogP contribution in [0.1, 0.15) is 56.1 Å². The standard InChI is InChI=1S/C37H44N4O6S2/c1-40(28-30-14-8-6-9-15-30)48(44,45)34-24-20-32(21-25-34)38-36(42)18-12-4-3-5-13-19-37(43)39-33-22-26-35(27-23-33)49(46,47)41(2)29-31-16-10-7-11-17-31/h6-11,14-17,20-27H,3-5,12-13,18-19,28-29H2,1-2H3,(H,38,42)(H,39,43). The highest BCUT2D eigenvalue weighted by molar-refractivity contribution is 7.89. The van der Waals surface area contributed by atoms with Crippen LogP contribution in [0, 0.1) is 0 Å². The molecule has 10 nitrogen and oxygen atoms in total. The van der Waals surface area contributed by atoms with Crippen molar-refractivity contribution in [3.63, 3.8) is 0 Å². The van der Waals surface area contributed by atoms with Crippen molar-refractivity contribution in [2.75, 3.05) is 24.7 Å². The molecule has 0 radical (unpaired) electrons. The second-order valence-corrected chi connectivity index (χ2v) is 16.0. The highest BCUT2D eigenvalue weighted by atomic mass is 32.2. The van der Waals surface area contributed by atoms with Gasteiger partial charge in [-0.3, -0.25) is 9.59 Å². The molecule has 0 spiro atoms. The molecule has 0 unspecified atom stereocenters. The molecule has 0 saturated heterocycles. The third-order valence-corrected chi connectivity index (χ3v) is 11.6. The number of carbonyl (C=O) groups excluding carboxylic acids is 2. The van der Waals surface area contributed by atoms with Crippen LogP contribution in [0.25, 0.3) is 0 Å². The summed E-state index contributed by atoms with van der Waals surface area (Å²) < 4.78 is 54.4. The Morgan fingerprint density at radius 1 is 0.490 bits per heavy atom. The van der Waals surface area contributed by atoms with Gasteiger partial charge in [0.2, 0.25) is 31.9 Å². The molecule has 260 valence electrons. The van der Waals surface area contributed by atoms with Crippen molar-refractivity contribution in [2.24, 2.45) is 0 Å². The van der Waals surface area contributed by atoms with E-state index in [-0.39, 0.29) is 34.7 Å². The molecule has 4 aromatic carbocycles. The highest BCUT2D eigenvalue weighted by Crippen LogP contribution is 2.21. The summed E-state index contributed by atoms with van der Waals surface area (Å²) in [6.45, 7) is 0.516. The Balaban J connectivity index is 1.09. The average molecular weight is 705 g/mol. The zero-order chi connectivity index (χ0) is 35.3. The Morgan fingerprint density at radius 2 is 0.816 bits per heavy atom. The van der Waals surface area contributed by atoms with Gasteiger partial charge in [0.1, 0.15) is 0 Å². The molecular weight excluding hydrogens is 661 g/mol. The zero-order valence-electron chi connectivity index (χ0n) is 27.9. The molecule has 4 rings (SSSR count). The molecular formula is C37H44N4O6S2. The molecule has 0 heterocycles. The van der Waals surface area contributed by atoms with Gasteiger partial charge in [0.05, 0.1) is 9.79 Å². The lowest BCUT2D eigenvalue weighted by Crippen LogP contribution is -2.26. The number of benzene rings is 4. The molecule has 2 amide bonds. The van der Waals surface area contributed by atoms with Gasteiger partial charge < -0.3 is 10.6 Å². The van der Waals surface area contributed by atoms with Gasteiger partial charge in [-0.1, -0.05) is 79.9 Å². The maximum absolute atomic E-state index is 12.9. The number of hydrogen-bond donors (Lipinski definition) is 2. The van der Waals surface area contributed by atoms with Gasteiger partial charge in [-0.05, 0) is 72.5 Å². The van der Waals surface area contributed by atoms with Crippen molar-refractivity contribution in [3.8, 4) is 0 Å². The second kappa shape index (κ2) is 17.9. The van der Waals surface area contributed by atoms with Gasteiger partial charge in [-0.2, -0.15) is 8.61 Å². The van der Waals surface area contributed by atoms with E-state index in [0.717, 1.165) is 30.4 Å². The van der Waals surface area contributed by atoms with Crippen LogP contribution >= 0.6 is 0 Å². The first kappa shape index (κ1) is 37.5. The maximum Gasteiger partial charge on any atom is 0.243 e. The monoisotopic (exact) mass is 704 g/mol. The third kappa shape index (κ3) is 11.4. The van der Waals surface area contributed by atoms with E-state index < -0.39 is 20.0 Å². The van der Waals surface area contributed by atoms with E-state index in [1.807, 2.05) is 60.7 Å². The summed E-state index contributed by atoms with van der Waals surface area (Å²) in [6, 6.07) is 31.1. The van der Waals surface area contributed by atoms with Crippen LogP contribution in [0.4, 0.5) is 11.4 Å². The summed E-state index contributed by atoms with van der Waals surface area (Å²) in [5, 5.41) is 5.64. The van der Waals surface area contributed by atoms with Crippen molar-refractivity contribution in [3.05, 3.63) is 120 Å². The van der Waals surface area contributed by atoms with Gasteiger partial charge in [-0.15, -0.1) is 0 Å². The van der Waals surface area contributed by atoms with Crippen LogP contribution in [0.3, 0.4) is 0 Å². The molecule has 0 fully saturated rings. The van der Waals surface area contributed by atoms with Crippen LogP contribution < -0.4 is 10.6 Å². The van der Waals surface area contributed by atoms with Crippen molar-refractivity contribution in [2.45, 2.75) is 67.8 Å². The van der Waals surface area contributed by atoms with Gasteiger partial charge in [0.15, 0.2) is 0 Å². The van der Waals surface area contributed by atoms with Crippen molar-refractivity contribution in [1.29, 1.82) is 0 Å². The molecule has 0 aliphatic heterocycles. The van der Waals surface area contributed by atoms with E-state index in [1.54, 1.807) is 24.3 Å². The Kier molecular flexibility index (Phi) is 13.7. The van der Waals surface area contributed by atoms with E-state index in [0.29, 0.717) is 37.1 Å². The minimum absolute atomic E-state index is 0.141. The SMILES string of the molecule is CN(Cc1ccccc1)S(=O)(=O)c1ccc(NC(=O)CCCCCCCC(=O)Nc2ccc(S(=O)(=O)N(C)Cc3ccccc3)cc2)cc1. The molecule has 0 aliphatic carbocycles. The summed E-state index contributed by atoms with van der Waals surface area (Å²) in [5.41, 5.74) is 2.85. The number of hydrogen-bond acceptors (Lipinski definition) is 6. The van der Waals surface area contributed by atoms with Crippen LogP contribution in [0.5, 0.6) is 0 Å². The number of nitrogens with one attached hydrogen (secondary N) is 2. The van der Waals surface area contributed by atoms with Gasteiger partial charge in [-0.25, -0.2) is 16.8 Å². The summed E-state index contributed by atoms with van der Waals surface area (Å²) in [4.78, 5) is 25.1. The first-order valence-corrected chi connectivity index (χ1v) is 19.1. The summed E-state index contributed by atoms with van der Waals surface area (Å²) in [6.07, 6.45) is 4.65. The Labute approximate surface area is 290 Å². The Hall–Kier alpha value is -4.36. The maximum atomic E-state index is 12.9. The molecule has 12 heteroatoms. The third-order valence-electron chi connectivity index (χ3n) is 8.00. The number of unbranched alkanes of at least 4 members (excludes halogenated alkanes) is 4. The van der Waals surface area contributed by atoms with E-state index in [4.69, 9.17) is 0 Å². The Morgan fingerprint density at radius 3 is 1.16 bits per heavy atom. The van der Waals surface area contributed by atoms with E-state index in [1.165, 1.54) is 47.0 Å². The lowest BCUT2D eigenvalue weighted by Gasteiger charge is -2.17. The molecule has 49 heavy (non-hydrogen) atoms. The normalized spacial score (nSPS) is 11.8. The van der Waals surface area contributed by atoms with Crippen LogP contribution in [0.2, 0.25) is 0 Å². The minimum Gasteiger partial charge on any atom is -0.326 e. The fourth-order valence-corrected chi connectivity index (χ4v) is 7.50. The molecule has 0 atom stereocenters. The topological polar surface area (TPSA) is 133 Å². The number of nitrogens with zero attached hydrogens (tertiary/aromatic N) is 2. The van der Waals surface area contributed by atoms with Crippen LogP contribution in [-0.4, -0.2) is 51.4 Å². The van der Waals surface area contributed by atoms with Gasteiger partial charge in [0, 0.05) is 51.4 Å². The fraction of sp³-hybridized carbons (Fsp3) is 0.297. The Bertz CT molecular complexity index is 1730. The van der Waals surface area contributed by atoms with Crippen LogP contribution in [-0.2, 0) is 42.7 Å². The lowest BCUT2D eigenvalue weighted by atomic mass is 10.1. The van der Waals surface area contributed by atoms with E-state index in [9.17, 15) is 26.4 Å². The molecule has 0 bridgehead atoms. The predicted molar refractivity (Wildman–Crippen MR) is 193 cm³/mol. The largest absolute Gasteiger partial charge is 0.326 e. The number of rotatable bonds is 18. The first-order chi connectivity index (χ1) is 23.4. The fourth-order valence-electron chi connectivity index (χ4n) is 5.18. The minimum atomic E-state index is -3.67.